The highest BCUT2D eigenvalue weighted by atomic mass is 79.9. The number of nitrogens with zero attached hydrogens (tertiary/aromatic N) is 1. The lowest BCUT2D eigenvalue weighted by molar-refractivity contribution is -0.148. The van der Waals surface area contributed by atoms with E-state index in [1.54, 1.807) is 49.4 Å². The fourth-order valence-corrected chi connectivity index (χ4v) is 6.76. The van der Waals surface area contributed by atoms with E-state index < -0.39 is 37.4 Å². The van der Waals surface area contributed by atoms with Crippen LogP contribution in [0.4, 0.5) is 0 Å². The molecule has 36 heavy (non-hydrogen) atoms. The zero-order valence-corrected chi connectivity index (χ0v) is 24.0. The van der Waals surface area contributed by atoms with Gasteiger partial charge in [-0.25, -0.2) is 16.8 Å². The first-order valence-electron chi connectivity index (χ1n) is 11.1. The maximum Gasteiger partial charge on any atom is 0.252 e. The number of halogens is 2. The molecule has 0 spiro atoms. The summed E-state index contributed by atoms with van der Waals surface area (Å²) in [5.41, 5.74) is -0.162. The number of carbonyl (C=O) groups excluding carboxylic acids is 1. The fraction of sp³-hybridized carbons (Fsp3) is 0.375. The molecule has 0 radical (unpaired) electrons. The number of amides is 1. The summed E-state index contributed by atoms with van der Waals surface area (Å²) < 4.78 is 57.7. The summed E-state index contributed by atoms with van der Waals surface area (Å²) in [6, 6.07) is 11.4. The molecule has 1 heterocycles. The van der Waals surface area contributed by atoms with Crippen LogP contribution in [-0.2, 0) is 29.4 Å². The molecule has 196 valence electrons. The minimum atomic E-state index is -3.92. The molecule has 0 aliphatic carbocycles. The molecule has 1 amide bonds. The summed E-state index contributed by atoms with van der Waals surface area (Å²) in [6.07, 6.45) is 2.71. The average Bonchev–Trinajstić information content (AvgIpc) is 2.82. The fourth-order valence-electron chi connectivity index (χ4n) is 4.01. The van der Waals surface area contributed by atoms with Crippen LogP contribution in [0, 0.1) is 0 Å². The molecule has 8 nitrogen and oxygen atoms in total. The number of ether oxygens (including phenoxy) is 1. The third-order valence-corrected chi connectivity index (χ3v) is 9.46. The summed E-state index contributed by atoms with van der Waals surface area (Å²) in [5, 5.41) is 4.20. The van der Waals surface area contributed by atoms with Crippen molar-refractivity contribution in [1.82, 2.24) is 9.62 Å². The monoisotopic (exact) mass is 618 g/mol. The van der Waals surface area contributed by atoms with E-state index in [2.05, 4.69) is 21.2 Å². The lowest BCUT2D eigenvalue weighted by Crippen LogP contribution is -2.56. The highest BCUT2D eigenvalue weighted by Crippen LogP contribution is 2.37. The van der Waals surface area contributed by atoms with Crippen molar-refractivity contribution in [2.24, 2.45) is 0 Å². The van der Waals surface area contributed by atoms with Gasteiger partial charge in [0.1, 0.15) is 5.60 Å². The molecule has 0 saturated carbocycles. The van der Waals surface area contributed by atoms with Crippen molar-refractivity contribution >= 4 is 53.3 Å². The van der Waals surface area contributed by atoms with Crippen LogP contribution in [0.3, 0.4) is 0 Å². The summed E-state index contributed by atoms with van der Waals surface area (Å²) in [6.45, 7) is 1.77. The van der Waals surface area contributed by atoms with Crippen LogP contribution >= 0.6 is 27.5 Å². The molecule has 2 aromatic rings. The van der Waals surface area contributed by atoms with Gasteiger partial charge in [0.05, 0.1) is 4.90 Å². The average molecular weight is 620 g/mol. The zero-order valence-electron chi connectivity index (χ0n) is 20.1. The quantitative estimate of drug-likeness (QED) is 0.478. The number of carbonyl (C=O) groups is 1. The van der Waals surface area contributed by atoms with Gasteiger partial charge in [-0.15, -0.1) is 0 Å². The predicted molar refractivity (Wildman–Crippen MR) is 144 cm³/mol. The van der Waals surface area contributed by atoms with E-state index in [-0.39, 0.29) is 30.8 Å². The van der Waals surface area contributed by atoms with Crippen molar-refractivity contribution < 1.29 is 26.4 Å². The van der Waals surface area contributed by atoms with Crippen molar-refractivity contribution in [3.05, 3.63) is 63.4 Å². The summed E-state index contributed by atoms with van der Waals surface area (Å²) in [7, 11) is -5.84. The van der Waals surface area contributed by atoms with E-state index in [0.29, 0.717) is 20.6 Å². The highest BCUT2D eigenvalue weighted by Gasteiger charge is 2.44. The van der Waals surface area contributed by atoms with Crippen molar-refractivity contribution in [2.45, 2.75) is 36.3 Å². The zero-order chi connectivity index (χ0) is 26.7. The normalized spacial score (nSPS) is 17.7. The van der Waals surface area contributed by atoms with Gasteiger partial charge in [-0.1, -0.05) is 51.8 Å². The number of benzene rings is 2. The lowest BCUT2D eigenvalue weighted by Gasteiger charge is -2.39. The Morgan fingerprint density at radius 2 is 1.78 bits per heavy atom. The molecule has 1 aliphatic rings. The van der Waals surface area contributed by atoms with Gasteiger partial charge in [0.2, 0.25) is 10.0 Å². The Hall–Kier alpha value is -1.76. The van der Waals surface area contributed by atoms with Crippen LogP contribution in [0.15, 0.2) is 63.3 Å². The van der Waals surface area contributed by atoms with Crippen molar-refractivity contribution in [1.29, 1.82) is 0 Å². The molecule has 3 rings (SSSR count). The number of nitrogens with one attached hydrogen (secondary N) is 1. The van der Waals surface area contributed by atoms with Crippen LogP contribution < -0.4 is 5.32 Å². The largest absolute Gasteiger partial charge is 0.368 e. The predicted octanol–water partition coefficient (Wildman–Crippen LogP) is 4.00. The van der Waals surface area contributed by atoms with Crippen molar-refractivity contribution in [3.63, 3.8) is 0 Å². The molecular formula is C24H28BrClN2O6S2. The smallest absolute Gasteiger partial charge is 0.252 e. The molecule has 2 aromatic carbocycles. The van der Waals surface area contributed by atoms with Gasteiger partial charge < -0.3 is 10.1 Å². The lowest BCUT2D eigenvalue weighted by atomic mass is 9.91. The number of sulfone groups is 1. The van der Waals surface area contributed by atoms with Crippen LogP contribution in [0.25, 0.3) is 11.1 Å². The molecule has 1 aliphatic heterocycles. The Balaban J connectivity index is 1.83. The number of sulfonamides is 1. The Kier molecular flexibility index (Phi) is 9.06. The van der Waals surface area contributed by atoms with Gasteiger partial charge in [-0.3, -0.25) is 4.79 Å². The van der Waals surface area contributed by atoms with E-state index in [9.17, 15) is 21.6 Å². The molecule has 1 N–H and O–H groups in total. The van der Waals surface area contributed by atoms with Crippen LogP contribution in [-0.4, -0.2) is 65.1 Å². The number of piperidine rings is 1. The number of hydrogen-bond acceptors (Lipinski definition) is 6. The van der Waals surface area contributed by atoms with Gasteiger partial charge in [-0.2, -0.15) is 4.31 Å². The molecule has 0 bridgehead atoms. The molecule has 0 unspecified atom stereocenters. The van der Waals surface area contributed by atoms with Crippen LogP contribution in [0.2, 0.25) is 5.02 Å². The van der Waals surface area contributed by atoms with Crippen molar-refractivity contribution in [3.8, 4) is 11.1 Å². The van der Waals surface area contributed by atoms with Crippen molar-refractivity contribution in [2.75, 3.05) is 26.5 Å². The highest BCUT2D eigenvalue weighted by molar-refractivity contribution is 9.10. The van der Waals surface area contributed by atoms with Gasteiger partial charge in [0.25, 0.3) is 5.91 Å². The van der Waals surface area contributed by atoms with E-state index in [0.717, 1.165) is 11.7 Å². The van der Waals surface area contributed by atoms with E-state index in [1.807, 2.05) is 0 Å². The summed E-state index contributed by atoms with van der Waals surface area (Å²) in [4.78, 5) is 13.1. The maximum atomic E-state index is 13.7. The molecule has 1 saturated heterocycles. The molecule has 12 heteroatoms. The number of hydrogen-bond donors (Lipinski definition) is 1. The number of methoxy groups -OCH3 is 1. The Labute approximate surface area is 225 Å². The standard InChI is InChI=1S/C24H28BrClN2O6S2/c1-17(10-15-35(3,30)31)27-23(29)24(34-2)11-13-28(14-12-24)36(32,33)22-9-8-18(25)16-20(22)19-6-4-5-7-21(19)26/h4-10,15-17H,11-14H2,1-3H3,(H,27,29)/b15-10-/t17-/m1/s1. The van der Waals surface area contributed by atoms with Gasteiger partial charge in [-0.05, 0) is 44.0 Å². The second kappa shape index (κ2) is 11.3. The Morgan fingerprint density at radius 3 is 2.36 bits per heavy atom. The Morgan fingerprint density at radius 1 is 1.14 bits per heavy atom. The summed E-state index contributed by atoms with van der Waals surface area (Å²) >= 11 is 9.79. The third-order valence-electron chi connectivity index (χ3n) is 6.03. The third kappa shape index (κ3) is 6.56. The molecule has 1 fully saturated rings. The topological polar surface area (TPSA) is 110 Å². The van der Waals surface area contributed by atoms with E-state index in [4.69, 9.17) is 16.3 Å². The van der Waals surface area contributed by atoms with Gasteiger partial charge >= 0.3 is 0 Å². The van der Waals surface area contributed by atoms with E-state index >= 15 is 0 Å². The first kappa shape index (κ1) is 28.8. The second-order valence-electron chi connectivity index (χ2n) is 8.64. The van der Waals surface area contributed by atoms with E-state index in [1.165, 1.54) is 17.5 Å². The molecular weight excluding hydrogens is 592 g/mol. The van der Waals surface area contributed by atoms with Gasteiger partial charge in [0.15, 0.2) is 9.84 Å². The maximum absolute atomic E-state index is 13.7. The second-order valence-corrected chi connectivity index (χ2v) is 13.8. The minimum absolute atomic E-state index is 0.0647. The molecule has 0 aromatic heterocycles. The summed E-state index contributed by atoms with van der Waals surface area (Å²) in [5.74, 6) is -0.423. The first-order valence-corrected chi connectivity index (χ1v) is 15.6. The SMILES string of the molecule is COC1(C(=O)N[C@H](C)/C=C\S(C)(=O)=O)CCN(S(=O)(=O)c2ccc(Br)cc2-c2ccccc2Cl)CC1. The number of rotatable bonds is 8. The van der Waals surface area contributed by atoms with Crippen LogP contribution in [0.1, 0.15) is 19.8 Å². The van der Waals surface area contributed by atoms with Crippen LogP contribution in [0.5, 0.6) is 0 Å². The molecule has 1 atom stereocenters. The minimum Gasteiger partial charge on any atom is -0.368 e. The first-order chi connectivity index (χ1) is 16.8. The van der Waals surface area contributed by atoms with Gasteiger partial charge in [0, 0.05) is 58.5 Å². The Bertz CT molecular complexity index is 1370.